The van der Waals surface area contributed by atoms with E-state index in [4.69, 9.17) is 5.11 Å². The third-order valence-corrected chi connectivity index (χ3v) is 5.83. The van der Waals surface area contributed by atoms with E-state index in [0.717, 1.165) is 24.0 Å². The van der Waals surface area contributed by atoms with Crippen LogP contribution < -0.4 is 5.32 Å². The topological polar surface area (TPSA) is 49.3 Å². The largest absolute Gasteiger partial charge is 0.384 e. The number of thiophene rings is 3. The Morgan fingerprint density at radius 2 is 2.14 bits per heavy atom. The lowest BCUT2D eigenvalue weighted by Crippen LogP contribution is -2.21. The molecule has 21 heavy (non-hydrogen) atoms. The molecular weight excluding hydrogens is 322 g/mol. The van der Waals surface area contributed by atoms with Crippen molar-refractivity contribution in [2.45, 2.75) is 6.54 Å². The molecule has 0 aliphatic rings. The van der Waals surface area contributed by atoms with Crippen molar-refractivity contribution >= 4 is 49.3 Å². The van der Waals surface area contributed by atoms with Crippen molar-refractivity contribution < 1.29 is 9.90 Å². The minimum absolute atomic E-state index is 0.0419. The van der Waals surface area contributed by atoms with Gasteiger partial charge in [-0.05, 0) is 29.6 Å². The molecule has 3 rings (SSSR count). The number of fused-ring (bicyclic) bond motifs is 1. The predicted molar refractivity (Wildman–Crippen MR) is 89.2 cm³/mol. The van der Waals surface area contributed by atoms with Crippen molar-refractivity contribution in [2.75, 3.05) is 6.61 Å². The molecule has 1 amide bonds. The highest BCUT2D eigenvalue weighted by molar-refractivity contribution is 7.27. The molecular formula is C15H11NO2S3. The van der Waals surface area contributed by atoms with E-state index < -0.39 is 0 Å². The van der Waals surface area contributed by atoms with Crippen LogP contribution in [0.25, 0.3) is 9.40 Å². The van der Waals surface area contributed by atoms with E-state index in [9.17, 15) is 4.79 Å². The van der Waals surface area contributed by atoms with Gasteiger partial charge in [-0.15, -0.1) is 34.0 Å². The first kappa shape index (κ1) is 14.3. The van der Waals surface area contributed by atoms with Crippen LogP contribution in [0.1, 0.15) is 19.4 Å². The molecule has 6 heteroatoms. The summed E-state index contributed by atoms with van der Waals surface area (Å²) in [5, 5.41) is 13.6. The van der Waals surface area contributed by atoms with Crippen molar-refractivity contribution in [3.8, 4) is 11.8 Å². The third-order valence-electron chi connectivity index (χ3n) is 2.74. The molecule has 0 saturated heterocycles. The number of aliphatic hydroxyl groups excluding tert-OH is 1. The summed E-state index contributed by atoms with van der Waals surface area (Å²) in [6.07, 6.45) is 0. The van der Waals surface area contributed by atoms with Crippen LogP contribution in [0.4, 0.5) is 0 Å². The second kappa shape index (κ2) is 6.41. The predicted octanol–water partition coefficient (Wildman–Crippen LogP) is 3.30. The van der Waals surface area contributed by atoms with Crippen LogP contribution in [0, 0.1) is 11.8 Å². The summed E-state index contributed by atoms with van der Waals surface area (Å²) in [6, 6.07) is 7.81. The van der Waals surface area contributed by atoms with Crippen molar-refractivity contribution in [2.24, 2.45) is 0 Å². The summed E-state index contributed by atoms with van der Waals surface area (Å²) in [6.45, 7) is 0.356. The number of hydrogen-bond donors (Lipinski definition) is 2. The lowest BCUT2D eigenvalue weighted by molar-refractivity contribution is 0.0955. The molecule has 0 atom stereocenters. The highest BCUT2D eigenvalue weighted by atomic mass is 32.1. The van der Waals surface area contributed by atoms with Gasteiger partial charge in [0.1, 0.15) is 6.61 Å². The fourth-order valence-electron chi connectivity index (χ4n) is 1.80. The average Bonchev–Trinajstić information content (AvgIpc) is 3.17. The zero-order valence-corrected chi connectivity index (χ0v) is 13.3. The van der Waals surface area contributed by atoms with Crippen LogP contribution in [0.3, 0.4) is 0 Å². The maximum atomic E-state index is 12.1. The summed E-state index contributed by atoms with van der Waals surface area (Å²) >= 11 is 4.69. The van der Waals surface area contributed by atoms with Crippen LogP contribution in [-0.2, 0) is 6.54 Å². The van der Waals surface area contributed by atoms with Gasteiger partial charge >= 0.3 is 0 Å². The Morgan fingerprint density at radius 3 is 2.95 bits per heavy atom. The highest BCUT2D eigenvalue weighted by Crippen LogP contribution is 2.29. The van der Waals surface area contributed by atoms with Gasteiger partial charge in [-0.25, -0.2) is 0 Å². The van der Waals surface area contributed by atoms with Crippen LogP contribution >= 0.6 is 34.0 Å². The van der Waals surface area contributed by atoms with E-state index in [1.807, 2.05) is 29.6 Å². The monoisotopic (exact) mass is 333 g/mol. The van der Waals surface area contributed by atoms with Gasteiger partial charge in [0.25, 0.3) is 5.91 Å². The van der Waals surface area contributed by atoms with Gasteiger partial charge in [0.15, 0.2) is 0 Å². The molecule has 3 nitrogen and oxygen atoms in total. The zero-order valence-electron chi connectivity index (χ0n) is 10.9. The minimum Gasteiger partial charge on any atom is -0.384 e. The number of nitrogens with one attached hydrogen (secondary N) is 1. The maximum absolute atomic E-state index is 12.1. The first-order chi connectivity index (χ1) is 10.3. The summed E-state index contributed by atoms with van der Waals surface area (Å²) in [7, 11) is 0. The molecule has 0 unspecified atom stereocenters. The molecule has 106 valence electrons. The quantitative estimate of drug-likeness (QED) is 0.723. The van der Waals surface area contributed by atoms with E-state index in [2.05, 4.69) is 17.2 Å². The molecule has 3 heterocycles. The number of rotatable bonds is 3. The Kier molecular flexibility index (Phi) is 4.36. The highest BCUT2D eigenvalue weighted by Gasteiger charge is 2.11. The van der Waals surface area contributed by atoms with Crippen LogP contribution in [0.15, 0.2) is 29.6 Å². The standard InChI is InChI=1S/C15H11NO2S3/c17-6-1-2-10-3-4-11(20-10)9-16-15(18)14-8-13-12(21-14)5-7-19-13/h3-5,7-8,17H,6,9H2,(H,16,18). The normalized spacial score (nSPS) is 10.3. The molecule has 3 aromatic heterocycles. The van der Waals surface area contributed by atoms with Gasteiger partial charge in [0.05, 0.1) is 16.3 Å². The lowest BCUT2D eigenvalue weighted by Gasteiger charge is -2.00. The fraction of sp³-hybridized carbons (Fsp3) is 0.133. The molecule has 0 aromatic carbocycles. The summed E-state index contributed by atoms with van der Waals surface area (Å²) in [4.78, 5) is 14.8. The van der Waals surface area contributed by atoms with Crippen molar-refractivity contribution in [3.05, 3.63) is 44.3 Å². The van der Waals surface area contributed by atoms with Gasteiger partial charge in [0, 0.05) is 14.3 Å². The maximum Gasteiger partial charge on any atom is 0.261 e. The second-order valence-electron chi connectivity index (χ2n) is 4.17. The van der Waals surface area contributed by atoms with Crippen molar-refractivity contribution in [1.82, 2.24) is 5.32 Å². The van der Waals surface area contributed by atoms with Gasteiger partial charge < -0.3 is 10.4 Å². The first-order valence-corrected chi connectivity index (χ1v) is 8.71. The van der Waals surface area contributed by atoms with Crippen LogP contribution in [0.5, 0.6) is 0 Å². The summed E-state index contributed by atoms with van der Waals surface area (Å²) in [5.41, 5.74) is 0. The molecule has 0 saturated carbocycles. The molecule has 0 aliphatic heterocycles. The van der Waals surface area contributed by atoms with Gasteiger partial charge in [-0.2, -0.15) is 0 Å². The average molecular weight is 333 g/mol. The van der Waals surface area contributed by atoms with Crippen molar-refractivity contribution in [1.29, 1.82) is 0 Å². The van der Waals surface area contributed by atoms with Crippen molar-refractivity contribution in [3.63, 3.8) is 0 Å². The van der Waals surface area contributed by atoms with E-state index >= 15 is 0 Å². The zero-order chi connectivity index (χ0) is 14.7. The Bertz CT molecular complexity index is 803. The number of hydrogen-bond acceptors (Lipinski definition) is 5. The summed E-state index contributed by atoms with van der Waals surface area (Å²) in [5.74, 6) is 5.43. The Morgan fingerprint density at radius 1 is 1.24 bits per heavy atom. The van der Waals surface area contributed by atoms with E-state index in [0.29, 0.717) is 6.54 Å². The Labute approximate surface area is 133 Å². The molecule has 0 spiro atoms. The second-order valence-corrected chi connectivity index (χ2v) is 7.37. The Balaban J connectivity index is 1.63. The molecule has 3 aromatic rings. The molecule has 0 fully saturated rings. The summed E-state index contributed by atoms with van der Waals surface area (Å²) < 4.78 is 2.31. The van der Waals surface area contributed by atoms with Crippen LogP contribution in [-0.4, -0.2) is 17.6 Å². The van der Waals surface area contributed by atoms with Crippen LogP contribution in [0.2, 0.25) is 0 Å². The van der Waals surface area contributed by atoms with E-state index in [1.165, 1.54) is 22.7 Å². The SMILES string of the molecule is O=C(NCc1ccc(C#CCO)s1)c1cc2sccc2s1. The Hall–Kier alpha value is -1.65. The molecule has 2 N–H and O–H groups in total. The number of carbonyl (C=O) groups is 1. The van der Waals surface area contributed by atoms with E-state index in [1.54, 1.807) is 11.3 Å². The smallest absolute Gasteiger partial charge is 0.261 e. The van der Waals surface area contributed by atoms with E-state index in [-0.39, 0.29) is 12.5 Å². The fourth-order valence-corrected chi connectivity index (χ4v) is 4.65. The molecule has 0 radical (unpaired) electrons. The van der Waals surface area contributed by atoms with Gasteiger partial charge in [0.2, 0.25) is 0 Å². The number of aliphatic hydroxyl groups is 1. The van der Waals surface area contributed by atoms with Gasteiger partial charge in [-0.3, -0.25) is 4.79 Å². The van der Waals surface area contributed by atoms with Gasteiger partial charge in [-0.1, -0.05) is 11.8 Å². The minimum atomic E-state index is -0.139. The molecule has 0 aliphatic carbocycles. The number of amides is 1. The molecule has 0 bridgehead atoms. The first-order valence-electron chi connectivity index (χ1n) is 6.20. The third kappa shape index (κ3) is 3.34. The lowest BCUT2D eigenvalue weighted by atomic mass is 10.4. The number of carbonyl (C=O) groups excluding carboxylic acids is 1.